The molecule has 3 heterocycles. The Morgan fingerprint density at radius 2 is 2.23 bits per heavy atom. The third-order valence-electron chi connectivity index (χ3n) is 4.15. The minimum Gasteiger partial charge on any atom is -0.352 e. The van der Waals surface area contributed by atoms with Crippen LogP contribution in [0.2, 0.25) is 0 Å². The molecule has 0 aliphatic carbocycles. The van der Waals surface area contributed by atoms with Crippen molar-refractivity contribution in [2.24, 2.45) is 0 Å². The largest absolute Gasteiger partial charge is 0.352 e. The SMILES string of the molecule is Cc1cscc1C(=O)NCCCc1nnc2n1CCCCC2. The molecule has 6 heteroatoms. The van der Waals surface area contributed by atoms with Crippen LogP contribution in [-0.4, -0.2) is 27.2 Å². The summed E-state index contributed by atoms with van der Waals surface area (Å²) in [5, 5.41) is 15.5. The number of nitrogens with zero attached hydrogens (tertiary/aromatic N) is 3. The van der Waals surface area contributed by atoms with Gasteiger partial charge in [-0.1, -0.05) is 6.42 Å². The van der Waals surface area contributed by atoms with Gasteiger partial charge in [-0.05, 0) is 37.1 Å². The van der Waals surface area contributed by atoms with Crippen molar-refractivity contribution in [1.82, 2.24) is 20.1 Å². The van der Waals surface area contributed by atoms with Gasteiger partial charge in [0.25, 0.3) is 5.91 Å². The summed E-state index contributed by atoms with van der Waals surface area (Å²) in [5.41, 5.74) is 1.84. The first-order valence-electron chi connectivity index (χ1n) is 7.97. The fourth-order valence-electron chi connectivity index (χ4n) is 2.87. The van der Waals surface area contributed by atoms with Gasteiger partial charge < -0.3 is 9.88 Å². The van der Waals surface area contributed by atoms with Crippen LogP contribution in [-0.2, 0) is 19.4 Å². The first kappa shape index (κ1) is 15.2. The Bertz CT molecular complexity index is 646. The molecule has 1 amide bonds. The molecule has 0 spiro atoms. The number of thiophene rings is 1. The van der Waals surface area contributed by atoms with Crippen molar-refractivity contribution < 1.29 is 4.79 Å². The topological polar surface area (TPSA) is 59.8 Å². The molecule has 2 aromatic rings. The number of carbonyl (C=O) groups is 1. The molecule has 0 fully saturated rings. The van der Waals surface area contributed by atoms with E-state index in [0.29, 0.717) is 6.54 Å². The molecule has 0 aromatic carbocycles. The van der Waals surface area contributed by atoms with Gasteiger partial charge in [-0.15, -0.1) is 10.2 Å². The van der Waals surface area contributed by atoms with Crippen LogP contribution in [0.15, 0.2) is 10.8 Å². The van der Waals surface area contributed by atoms with E-state index in [1.54, 1.807) is 11.3 Å². The highest BCUT2D eigenvalue weighted by Gasteiger charge is 2.14. The highest BCUT2D eigenvalue weighted by atomic mass is 32.1. The average Bonchev–Trinajstić information content (AvgIpc) is 3.03. The van der Waals surface area contributed by atoms with Crippen LogP contribution in [0.4, 0.5) is 0 Å². The van der Waals surface area contributed by atoms with Crippen LogP contribution in [0.25, 0.3) is 0 Å². The number of hydrogen-bond acceptors (Lipinski definition) is 4. The molecule has 0 saturated heterocycles. The van der Waals surface area contributed by atoms with Crippen LogP contribution in [0.3, 0.4) is 0 Å². The maximum absolute atomic E-state index is 12.0. The lowest BCUT2D eigenvalue weighted by molar-refractivity contribution is 0.0953. The monoisotopic (exact) mass is 318 g/mol. The quantitative estimate of drug-likeness (QED) is 0.862. The second kappa shape index (κ2) is 7.05. The van der Waals surface area contributed by atoms with Crippen molar-refractivity contribution in [2.45, 2.75) is 52.0 Å². The van der Waals surface area contributed by atoms with Crippen LogP contribution in [0, 0.1) is 6.92 Å². The maximum atomic E-state index is 12.0. The Morgan fingerprint density at radius 3 is 3.05 bits per heavy atom. The van der Waals surface area contributed by atoms with Crippen LogP contribution < -0.4 is 5.32 Å². The number of hydrogen-bond donors (Lipinski definition) is 1. The fraction of sp³-hybridized carbons (Fsp3) is 0.562. The van der Waals surface area contributed by atoms with Gasteiger partial charge in [0.05, 0.1) is 5.56 Å². The number of fused-ring (bicyclic) bond motifs is 1. The van der Waals surface area contributed by atoms with Crippen LogP contribution in [0.5, 0.6) is 0 Å². The lowest BCUT2D eigenvalue weighted by Gasteiger charge is -2.07. The third kappa shape index (κ3) is 3.38. The third-order valence-corrected chi connectivity index (χ3v) is 5.01. The molecular weight excluding hydrogens is 296 g/mol. The lowest BCUT2D eigenvalue weighted by Crippen LogP contribution is -2.25. The molecule has 0 radical (unpaired) electrons. The summed E-state index contributed by atoms with van der Waals surface area (Å²) in [6.07, 6.45) is 6.52. The van der Waals surface area contributed by atoms with E-state index in [0.717, 1.165) is 48.6 Å². The molecule has 0 bridgehead atoms. The smallest absolute Gasteiger partial charge is 0.252 e. The van der Waals surface area contributed by atoms with E-state index in [4.69, 9.17) is 0 Å². The van der Waals surface area contributed by atoms with Gasteiger partial charge in [0.1, 0.15) is 11.6 Å². The Labute approximate surface area is 134 Å². The highest BCUT2D eigenvalue weighted by Crippen LogP contribution is 2.15. The Hall–Kier alpha value is -1.69. The van der Waals surface area contributed by atoms with Gasteiger partial charge in [0, 0.05) is 31.3 Å². The van der Waals surface area contributed by atoms with Gasteiger partial charge in [-0.25, -0.2) is 0 Å². The van der Waals surface area contributed by atoms with Gasteiger partial charge >= 0.3 is 0 Å². The first-order chi connectivity index (χ1) is 10.8. The molecule has 0 saturated carbocycles. The first-order valence-corrected chi connectivity index (χ1v) is 8.92. The van der Waals surface area contributed by atoms with Gasteiger partial charge in [0.2, 0.25) is 0 Å². The van der Waals surface area contributed by atoms with Crippen molar-refractivity contribution in [3.8, 4) is 0 Å². The number of aromatic nitrogens is 3. The highest BCUT2D eigenvalue weighted by molar-refractivity contribution is 7.08. The predicted molar refractivity (Wildman–Crippen MR) is 87.3 cm³/mol. The van der Waals surface area contributed by atoms with Crippen molar-refractivity contribution in [3.05, 3.63) is 33.5 Å². The summed E-state index contributed by atoms with van der Waals surface area (Å²) in [6, 6.07) is 0. The minimum atomic E-state index is 0.0267. The summed E-state index contributed by atoms with van der Waals surface area (Å²) in [5.74, 6) is 2.22. The molecule has 118 valence electrons. The molecular formula is C16H22N4OS. The fourth-order valence-corrected chi connectivity index (χ4v) is 3.70. The predicted octanol–water partition coefficient (Wildman–Crippen LogP) is 2.74. The number of amides is 1. The average molecular weight is 318 g/mol. The van der Waals surface area contributed by atoms with Crippen LogP contribution in [0.1, 0.15) is 53.3 Å². The number of rotatable bonds is 5. The summed E-state index contributed by atoms with van der Waals surface area (Å²) >= 11 is 1.57. The van der Waals surface area contributed by atoms with E-state index in [-0.39, 0.29) is 5.91 Å². The van der Waals surface area contributed by atoms with E-state index < -0.39 is 0 Å². The van der Waals surface area contributed by atoms with E-state index in [1.165, 1.54) is 19.3 Å². The van der Waals surface area contributed by atoms with E-state index in [2.05, 4.69) is 20.1 Å². The van der Waals surface area contributed by atoms with Crippen molar-refractivity contribution in [3.63, 3.8) is 0 Å². The second-order valence-electron chi connectivity index (χ2n) is 5.82. The molecule has 3 rings (SSSR count). The van der Waals surface area contributed by atoms with Crippen LogP contribution >= 0.6 is 11.3 Å². The Kier molecular flexibility index (Phi) is 4.87. The van der Waals surface area contributed by atoms with Crippen molar-refractivity contribution in [2.75, 3.05) is 6.54 Å². The maximum Gasteiger partial charge on any atom is 0.252 e. The second-order valence-corrected chi connectivity index (χ2v) is 6.57. The Morgan fingerprint density at radius 1 is 1.32 bits per heavy atom. The Balaban J connectivity index is 1.49. The molecule has 0 atom stereocenters. The molecule has 1 aliphatic rings. The zero-order valence-corrected chi connectivity index (χ0v) is 13.8. The molecule has 0 unspecified atom stereocenters. The van der Waals surface area contributed by atoms with Gasteiger partial charge in [-0.3, -0.25) is 4.79 Å². The van der Waals surface area contributed by atoms with E-state index in [1.807, 2.05) is 17.7 Å². The molecule has 2 aromatic heterocycles. The number of carbonyl (C=O) groups excluding carboxylic acids is 1. The zero-order chi connectivity index (χ0) is 15.4. The lowest BCUT2D eigenvalue weighted by atomic mass is 10.2. The standard InChI is InChI=1S/C16H22N4OS/c1-12-10-22-11-13(12)16(21)17-8-5-7-15-19-18-14-6-3-2-4-9-20(14)15/h10-11H,2-9H2,1H3,(H,17,21). The number of nitrogens with one attached hydrogen (secondary N) is 1. The molecule has 1 aliphatic heterocycles. The summed E-state index contributed by atoms with van der Waals surface area (Å²) in [6.45, 7) is 3.69. The van der Waals surface area contributed by atoms with Crippen molar-refractivity contribution >= 4 is 17.2 Å². The summed E-state index contributed by atoms with van der Waals surface area (Å²) in [7, 11) is 0. The number of aryl methyl sites for hydroxylation is 3. The zero-order valence-electron chi connectivity index (χ0n) is 13.0. The minimum absolute atomic E-state index is 0.0267. The van der Waals surface area contributed by atoms with E-state index >= 15 is 0 Å². The van der Waals surface area contributed by atoms with Crippen molar-refractivity contribution in [1.29, 1.82) is 0 Å². The molecule has 22 heavy (non-hydrogen) atoms. The normalized spacial score (nSPS) is 14.4. The molecule has 1 N–H and O–H groups in total. The summed E-state index contributed by atoms with van der Waals surface area (Å²) in [4.78, 5) is 12.0. The summed E-state index contributed by atoms with van der Waals surface area (Å²) < 4.78 is 2.28. The van der Waals surface area contributed by atoms with Gasteiger partial charge in [0.15, 0.2) is 0 Å². The van der Waals surface area contributed by atoms with E-state index in [9.17, 15) is 4.79 Å². The molecule has 5 nitrogen and oxygen atoms in total. The van der Waals surface area contributed by atoms with Gasteiger partial charge in [-0.2, -0.15) is 11.3 Å².